The van der Waals surface area contributed by atoms with Gasteiger partial charge < -0.3 is 10.3 Å². The Morgan fingerprint density at radius 1 is 1.19 bits per heavy atom. The van der Waals surface area contributed by atoms with E-state index < -0.39 is 0 Å². The Morgan fingerprint density at radius 2 is 1.96 bits per heavy atom. The highest BCUT2D eigenvalue weighted by Gasteiger charge is 2.12. The molecule has 4 aromatic rings. The number of nitrogens with one attached hydrogen (secondary N) is 2. The Hall–Kier alpha value is -2.93. The summed E-state index contributed by atoms with van der Waals surface area (Å²) in [6.45, 7) is 1.10. The van der Waals surface area contributed by atoms with Gasteiger partial charge in [-0.2, -0.15) is 5.10 Å². The van der Waals surface area contributed by atoms with Crippen molar-refractivity contribution >= 4 is 32.7 Å². The van der Waals surface area contributed by atoms with Crippen molar-refractivity contribution in [2.24, 2.45) is 0 Å². The molecule has 5 nitrogen and oxygen atoms in total. The van der Waals surface area contributed by atoms with E-state index in [9.17, 15) is 9.18 Å². The summed E-state index contributed by atoms with van der Waals surface area (Å²) in [7, 11) is 0. The van der Waals surface area contributed by atoms with Crippen molar-refractivity contribution in [3.8, 4) is 0 Å². The average molecular weight is 427 g/mol. The lowest BCUT2D eigenvalue weighted by Crippen LogP contribution is -2.23. The van der Waals surface area contributed by atoms with Gasteiger partial charge in [0.05, 0.1) is 12.1 Å². The van der Waals surface area contributed by atoms with E-state index >= 15 is 0 Å². The molecular formula is C20H16BrFN4O. The molecule has 0 aliphatic carbocycles. The quantitative estimate of drug-likeness (QED) is 0.501. The van der Waals surface area contributed by atoms with Crippen molar-refractivity contribution in [1.29, 1.82) is 0 Å². The van der Waals surface area contributed by atoms with Crippen LogP contribution >= 0.6 is 15.9 Å². The molecule has 27 heavy (non-hydrogen) atoms. The maximum absolute atomic E-state index is 14.0. The minimum absolute atomic E-state index is 0.276. The molecule has 0 radical (unpaired) electrons. The number of fused-ring (bicyclic) bond motifs is 1. The second kappa shape index (κ2) is 7.36. The third kappa shape index (κ3) is 3.93. The monoisotopic (exact) mass is 426 g/mol. The summed E-state index contributed by atoms with van der Waals surface area (Å²) >= 11 is 3.25. The molecule has 0 unspecified atom stereocenters. The number of hydrogen-bond donors (Lipinski definition) is 2. The van der Waals surface area contributed by atoms with Gasteiger partial charge in [-0.3, -0.25) is 9.48 Å². The van der Waals surface area contributed by atoms with Crippen LogP contribution in [-0.4, -0.2) is 20.7 Å². The second-order valence-corrected chi connectivity index (χ2v) is 7.15. The first-order chi connectivity index (χ1) is 13.1. The molecule has 0 aliphatic heterocycles. The number of amides is 1. The zero-order valence-corrected chi connectivity index (χ0v) is 15.8. The highest BCUT2D eigenvalue weighted by molar-refractivity contribution is 9.10. The van der Waals surface area contributed by atoms with Crippen LogP contribution in [0.5, 0.6) is 0 Å². The summed E-state index contributed by atoms with van der Waals surface area (Å²) in [6.07, 6.45) is 3.66. The molecule has 1 amide bonds. The fourth-order valence-corrected chi connectivity index (χ4v) is 3.33. The van der Waals surface area contributed by atoms with E-state index in [4.69, 9.17) is 0 Å². The molecule has 4 rings (SSSR count). The lowest BCUT2D eigenvalue weighted by Gasteiger charge is -2.06. The van der Waals surface area contributed by atoms with Crippen molar-refractivity contribution in [3.05, 3.63) is 88.0 Å². The highest BCUT2D eigenvalue weighted by Crippen LogP contribution is 2.24. The van der Waals surface area contributed by atoms with E-state index in [2.05, 4.69) is 31.3 Å². The number of carbonyl (C=O) groups excluding carboxylic acids is 1. The van der Waals surface area contributed by atoms with Gasteiger partial charge in [0.25, 0.3) is 5.91 Å². The van der Waals surface area contributed by atoms with Crippen LogP contribution in [0.1, 0.15) is 21.6 Å². The van der Waals surface area contributed by atoms with Gasteiger partial charge in [0, 0.05) is 28.8 Å². The molecule has 0 atom stereocenters. The standard InChI is InChI=1S/C20H16BrFN4O/c21-15-8-17(22)16-10-19(25-18(16)9-15)20(27)23-11-13-2-4-14(5-3-13)12-26-7-1-6-24-26/h1-10,25H,11-12H2,(H,23,27). The molecule has 0 fully saturated rings. The number of halogens is 2. The average Bonchev–Trinajstić information content (AvgIpc) is 3.30. The molecule has 2 aromatic heterocycles. The molecule has 0 saturated heterocycles. The van der Waals surface area contributed by atoms with Gasteiger partial charge >= 0.3 is 0 Å². The van der Waals surface area contributed by atoms with Crippen LogP contribution in [0.15, 0.2) is 65.4 Å². The third-order valence-corrected chi connectivity index (χ3v) is 4.73. The number of aromatic amines is 1. The van der Waals surface area contributed by atoms with Gasteiger partial charge in [-0.15, -0.1) is 0 Å². The molecule has 2 heterocycles. The molecule has 0 aliphatic rings. The van der Waals surface area contributed by atoms with Crippen LogP contribution in [0.2, 0.25) is 0 Å². The van der Waals surface area contributed by atoms with Gasteiger partial charge in [0.1, 0.15) is 11.5 Å². The van der Waals surface area contributed by atoms with Gasteiger partial charge in [-0.25, -0.2) is 4.39 Å². The zero-order chi connectivity index (χ0) is 18.8. The first kappa shape index (κ1) is 17.5. The zero-order valence-electron chi connectivity index (χ0n) is 14.2. The minimum Gasteiger partial charge on any atom is -0.350 e. The predicted molar refractivity (Wildman–Crippen MR) is 105 cm³/mol. The molecular weight excluding hydrogens is 411 g/mol. The summed E-state index contributed by atoms with van der Waals surface area (Å²) in [4.78, 5) is 15.3. The molecule has 7 heteroatoms. The van der Waals surface area contributed by atoms with Crippen LogP contribution in [0.25, 0.3) is 10.9 Å². The summed E-state index contributed by atoms with van der Waals surface area (Å²) in [5.41, 5.74) is 3.02. The number of rotatable bonds is 5. The number of carbonyl (C=O) groups is 1. The van der Waals surface area contributed by atoms with Gasteiger partial charge in [0.2, 0.25) is 0 Å². The lowest BCUT2D eigenvalue weighted by atomic mass is 10.1. The number of benzene rings is 2. The van der Waals surface area contributed by atoms with Crippen molar-refractivity contribution in [3.63, 3.8) is 0 Å². The second-order valence-electron chi connectivity index (χ2n) is 6.23. The molecule has 0 bridgehead atoms. The summed E-state index contributed by atoms with van der Waals surface area (Å²) in [6, 6.07) is 14.5. The SMILES string of the molecule is O=C(NCc1ccc(Cn2cccn2)cc1)c1cc2c(F)cc(Br)cc2[nH]1. The molecule has 2 aromatic carbocycles. The van der Waals surface area contributed by atoms with E-state index in [1.807, 2.05) is 41.2 Å². The Balaban J connectivity index is 1.41. The summed E-state index contributed by atoms with van der Waals surface area (Å²) in [5, 5.41) is 7.43. The highest BCUT2D eigenvalue weighted by atomic mass is 79.9. The Bertz CT molecular complexity index is 1090. The molecule has 136 valence electrons. The maximum atomic E-state index is 14.0. The minimum atomic E-state index is -0.373. The van der Waals surface area contributed by atoms with Crippen LogP contribution in [0.4, 0.5) is 4.39 Å². The fraction of sp³-hybridized carbons (Fsp3) is 0.100. The van der Waals surface area contributed by atoms with Gasteiger partial charge in [0.15, 0.2) is 0 Å². The first-order valence-corrected chi connectivity index (χ1v) is 9.19. The number of hydrogen-bond acceptors (Lipinski definition) is 2. The Kier molecular flexibility index (Phi) is 4.77. The van der Waals surface area contributed by atoms with Crippen molar-refractivity contribution in [2.45, 2.75) is 13.1 Å². The molecule has 0 spiro atoms. The van der Waals surface area contributed by atoms with E-state index in [0.717, 1.165) is 11.1 Å². The topological polar surface area (TPSA) is 62.7 Å². The van der Waals surface area contributed by atoms with Gasteiger partial charge in [-0.1, -0.05) is 40.2 Å². The van der Waals surface area contributed by atoms with Crippen LogP contribution < -0.4 is 5.32 Å². The van der Waals surface area contributed by atoms with Crippen molar-refractivity contribution in [1.82, 2.24) is 20.1 Å². The largest absolute Gasteiger partial charge is 0.350 e. The summed E-state index contributed by atoms with van der Waals surface area (Å²) in [5.74, 6) is -0.648. The van der Waals surface area contributed by atoms with E-state index in [1.54, 1.807) is 12.3 Å². The molecule has 0 saturated carbocycles. The van der Waals surface area contributed by atoms with Crippen LogP contribution in [-0.2, 0) is 13.1 Å². The molecule has 2 N–H and O–H groups in total. The van der Waals surface area contributed by atoms with Crippen molar-refractivity contribution < 1.29 is 9.18 Å². The third-order valence-electron chi connectivity index (χ3n) is 4.28. The van der Waals surface area contributed by atoms with E-state index in [0.29, 0.717) is 34.2 Å². The maximum Gasteiger partial charge on any atom is 0.267 e. The van der Waals surface area contributed by atoms with E-state index in [1.165, 1.54) is 12.1 Å². The number of aromatic nitrogens is 3. The first-order valence-electron chi connectivity index (χ1n) is 8.40. The van der Waals surface area contributed by atoms with Gasteiger partial charge in [-0.05, 0) is 35.4 Å². The van der Waals surface area contributed by atoms with Crippen LogP contribution in [0.3, 0.4) is 0 Å². The predicted octanol–water partition coefficient (Wildman–Crippen LogP) is 4.24. The number of H-pyrrole nitrogens is 1. The smallest absolute Gasteiger partial charge is 0.267 e. The van der Waals surface area contributed by atoms with E-state index in [-0.39, 0.29) is 11.7 Å². The lowest BCUT2D eigenvalue weighted by molar-refractivity contribution is 0.0947. The number of nitrogens with zero attached hydrogens (tertiary/aromatic N) is 2. The fourth-order valence-electron chi connectivity index (χ4n) is 2.90. The van der Waals surface area contributed by atoms with Crippen LogP contribution in [0, 0.1) is 5.82 Å². The Morgan fingerprint density at radius 3 is 2.70 bits per heavy atom. The normalized spacial score (nSPS) is 11.0. The summed E-state index contributed by atoms with van der Waals surface area (Å²) < 4.78 is 16.4. The van der Waals surface area contributed by atoms with Crippen molar-refractivity contribution in [2.75, 3.05) is 0 Å². The Labute approximate surface area is 163 Å².